The molecule has 1 N–H and O–H groups in total. The van der Waals surface area contributed by atoms with E-state index >= 15 is 0 Å². The van der Waals surface area contributed by atoms with Crippen LogP contribution in [0.15, 0.2) is 34.7 Å². The molecule has 0 aliphatic rings. The van der Waals surface area contributed by atoms with Crippen LogP contribution in [-0.4, -0.2) is 38.2 Å². The van der Waals surface area contributed by atoms with Gasteiger partial charge in [0.05, 0.1) is 20.8 Å². The molecule has 3 rings (SSSR count). The topological polar surface area (TPSA) is 95.2 Å². The van der Waals surface area contributed by atoms with Gasteiger partial charge in [-0.15, -0.1) is 0 Å². The molecule has 2 aromatic carbocycles. The zero-order chi connectivity index (χ0) is 20.3. The Hall–Kier alpha value is -3.48. The number of methoxy groups -OCH3 is 2. The van der Waals surface area contributed by atoms with Crippen LogP contribution in [-0.2, 0) is 16.0 Å². The third-order valence-electron chi connectivity index (χ3n) is 4.38. The Bertz CT molecular complexity index is 1030. The summed E-state index contributed by atoms with van der Waals surface area (Å²) >= 11 is 0. The first-order valence-electron chi connectivity index (χ1n) is 8.57. The molecule has 1 heterocycles. The SMILES string of the molecule is COc1cc(-c2cc3c(C=O)c(CCOC(C)=O)cc(OC)c3o2)ccc1O. The zero-order valence-corrected chi connectivity index (χ0v) is 15.8. The second kappa shape index (κ2) is 8.04. The Morgan fingerprint density at radius 2 is 1.89 bits per heavy atom. The third-order valence-corrected chi connectivity index (χ3v) is 4.38. The van der Waals surface area contributed by atoms with E-state index in [0.29, 0.717) is 51.3 Å². The van der Waals surface area contributed by atoms with Crippen molar-refractivity contribution in [1.82, 2.24) is 0 Å². The summed E-state index contributed by atoms with van der Waals surface area (Å²) in [5, 5.41) is 10.4. The van der Waals surface area contributed by atoms with Crippen LogP contribution in [0.3, 0.4) is 0 Å². The molecule has 0 spiro atoms. The number of carbonyl (C=O) groups is 2. The number of esters is 1. The third kappa shape index (κ3) is 3.64. The van der Waals surface area contributed by atoms with Gasteiger partial charge in [0.15, 0.2) is 29.1 Å². The molecule has 0 amide bonds. The minimum atomic E-state index is -0.382. The Balaban J connectivity index is 2.11. The van der Waals surface area contributed by atoms with Gasteiger partial charge in [0, 0.05) is 29.9 Å². The van der Waals surface area contributed by atoms with E-state index in [2.05, 4.69) is 0 Å². The van der Waals surface area contributed by atoms with Crippen molar-refractivity contribution >= 4 is 23.2 Å². The van der Waals surface area contributed by atoms with Gasteiger partial charge in [0.1, 0.15) is 5.76 Å². The van der Waals surface area contributed by atoms with E-state index in [9.17, 15) is 14.7 Å². The number of fused-ring (bicyclic) bond motifs is 1. The quantitative estimate of drug-likeness (QED) is 0.490. The molecule has 0 atom stereocenters. The van der Waals surface area contributed by atoms with Gasteiger partial charge in [-0.1, -0.05) is 0 Å². The van der Waals surface area contributed by atoms with E-state index < -0.39 is 0 Å². The molecule has 0 aliphatic carbocycles. The number of hydrogen-bond acceptors (Lipinski definition) is 7. The van der Waals surface area contributed by atoms with Crippen molar-refractivity contribution in [3.63, 3.8) is 0 Å². The van der Waals surface area contributed by atoms with Crippen LogP contribution in [0.4, 0.5) is 0 Å². The van der Waals surface area contributed by atoms with Crippen LogP contribution in [0.25, 0.3) is 22.3 Å². The van der Waals surface area contributed by atoms with Gasteiger partial charge >= 0.3 is 5.97 Å². The lowest BCUT2D eigenvalue weighted by Gasteiger charge is -2.09. The molecule has 0 fully saturated rings. The summed E-state index contributed by atoms with van der Waals surface area (Å²) in [6.45, 7) is 1.49. The smallest absolute Gasteiger partial charge is 0.302 e. The van der Waals surface area contributed by atoms with Crippen molar-refractivity contribution in [2.24, 2.45) is 0 Å². The Kier molecular flexibility index (Phi) is 5.54. The summed E-state index contributed by atoms with van der Waals surface area (Å²) in [7, 11) is 2.97. The summed E-state index contributed by atoms with van der Waals surface area (Å²) in [5.41, 5.74) is 2.24. The van der Waals surface area contributed by atoms with Gasteiger partial charge in [-0.3, -0.25) is 9.59 Å². The summed E-state index contributed by atoms with van der Waals surface area (Å²) in [5.74, 6) is 0.902. The fraction of sp³-hybridized carbons (Fsp3) is 0.238. The normalized spacial score (nSPS) is 10.7. The number of ether oxygens (including phenoxy) is 3. The van der Waals surface area contributed by atoms with Crippen molar-refractivity contribution in [3.8, 4) is 28.6 Å². The monoisotopic (exact) mass is 384 g/mol. The van der Waals surface area contributed by atoms with E-state index in [-0.39, 0.29) is 18.3 Å². The average Bonchev–Trinajstić information content (AvgIpc) is 3.12. The highest BCUT2D eigenvalue weighted by Crippen LogP contribution is 2.39. The molecular weight excluding hydrogens is 364 g/mol. The van der Waals surface area contributed by atoms with Crippen LogP contribution in [0.2, 0.25) is 0 Å². The minimum Gasteiger partial charge on any atom is -0.504 e. The fourth-order valence-corrected chi connectivity index (χ4v) is 3.02. The van der Waals surface area contributed by atoms with Crippen molar-refractivity contribution in [2.45, 2.75) is 13.3 Å². The van der Waals surface area contributed by atoms with Gasteiger partial charge in [-0.05, 0) is 35.9 Å². The predicted molar refractivity (Wildman–Crippen MR) is 102 cm³/mol. The molecule has 7 heteroatoms. The van der Waals surface area contributed by atoms with E-state index in [4.69, 9.17) is 18.6 Å². The molecule has 28 heavy (non-hydrogen) atoms. The maximum atomic E-state index is 11.8. The number of phenolic OH excluding ortho intramolecular Hbond substituents is 1. The minimum absolute atomic E-state index is 0.0151. The first-order chi connectivity index (χ1) is 13.5. The van der Waals surface area contributed by atoms with Gasteiger partial charge < -0.3 is 23.7 Å². The number of aromatic hydroxyl groups is 1. The largest absolute Gasteiger partial charge is 0.504 e. The molecule has 0 saturated carbocycles. The molecular formula is C21H20O7. The van der Waals surface area contributed by atoms with Gasteiger partial charge in [0.25, 0.3) is 0 Å². The second-order valence-electron chi connectivity index (χ2n) is 6.10. The van der Waals surface area contributed by atoms with Gasteiger partial charge in [0.2, 0.25) is 0 Å². The summed E-state index contributed by atoms with van der Waals surface area (Å²) in [4.78, 5) is 22.8. The van der Waals surface area contributed by atoms with E-state index in [1.807, 2.05) is 0 Å². The number of aldehydes is 1. The van der Waals surface area contributed by atoms with Crippen molar-refractivity contribution in [3.05, 3.63) is 41.5 Å². The Labute approximate surface area is 161 Å². The number of carbonyl (C=O) groups excluding carboxylic acids is 2. The van der Waals surface area contributed by atoms with Crippen LogP contribution >= 0.6 is 0 Å². The summed E-state index contributed by atoms with van der Waals surface area (Å²) in [6.07, 6.45) is 1.12. The maximum absolute atomic E-state index is 11.8. The maximum Gasteiger partial charge on any atom is 0.302 e. The van der Waals surface area contributed by atoms with E-state index in [1.54, 1.807) is 24.3 Å². The number of furan rings is 1. The summed E-state index contributed by atoms with van der Waals surface area (Å²) in [6, 6.07) is 8.28. The molecule has 0 aliphatic heterocycles. The standard InChI is InChI=1S/C21H20O7/c1-12(23)27-7-6-13-8-20(26-3)21-15(16(13)11-22)10-18(28-21)14-4-5-17(24)19(9-14)25-2/h4-5,8-11,24H,6-7H2,1-3H3. The molecule has 0 radical (unpaired) electrons. The lowest BCUT2D eigenvalue weighted by molar-refractivity contribution is -0.140. The van der Waals surface area contributed by atoms with E-state index in [1.165, 1.54) is 27.2 Å². The highest BCUT2D eigenvalue weighted by Gasteiger charge is 2.19. The number of phenols is 1. The van der Waals surface area contributed by atoms with E-state index in [0.717, 1.165) is 6.29 Å². The van der Waals surface area contributed by atoms with Crippen LogP contribution < -0.4 is 9.47 Å². The van der Waals surface area contributed by atoms with Crippen molar-refractivity contribution in [1.29, 1.82) is 0 Å². The first-order valence-corrected chi connectivity index (χ1v) is 8.57. The molecule has 0 saturated heterocycles. The van der Waals surface area contributed by atoms with Crippen LogP contribution in [0.1, 0.15) is 22.8 Å². The van der Waals surface area contributed by atoms with Crippen molar-refractivity contribution < 1.29 is 33.3 Å². The molecule has 0 bridgehead atoms. The predicted octanol–water partition coefficient (Wildman–Crippen LogP) is 3.74. The average molecular weight is 384 g/mol. The molecule has 3 aromatic rings. The highest BCUT2D eigenvalue weighted by atomic mass is 16.5. The van der Waals surface area contributed by atoms with Gasteiger partial charge in [-0.25, -0.2) is 0 Å². The summed E-state index contributed by atoms with van der Waals surface area (Å²) < 4.78 is 21.5. The fourth-order valence-electron chi connectivity index (χ4n) is 3.02. The first kappa shape index (κ1) is 19.3. The zero-order valence-electron chi connectivity index (χ0n) is 15.8. The van der Waals surface area contributed by atoms with Crippen LogP contribution in [0, 0.1) is 0 Å². The molecule has 7 nitrogen and oxygen atoms in total. The lowest BCUT2D eigenvalue weighted by Crippen LogP contribution is -2.05. The molecule has 1 aromatic heterocycles. The van der Waals surface area contributed by atoms with Crippen molar-refractivity contribution in [2.75, 3.05) is 20.8 Å². The number of hydrogen-bond donors (Lipinski definition) is 1. The second-order valence-corrected chi connectivity index (χ2v) is 6.10. The van der Waals surface area contributed by atoms with Gasteiger partial charge in [-0.2, -0.15) is 0 Å². The molecule has 0 unspecified atom stereocenters. The van der Waals surface area contributed by atoms with Crippen LogP contribution in [0.5, 0.6) is 17.2 Å². The Morgan fingerprint density at radius 1 is 1.14 bits per heavy atom. The number of benzene rings is 2. The number of rotatable bonds is 7. The Morgan fingerprint density at radius 3 is 2.54 bits per heavy atom. The molecule has 146 valence electrons. The lowest BCUT2D eigenvalue weighted by atomic mass is 10.0. The highest BCUT2D eigenvalue weighted by molar-refractivity contribution is 6.02.